The van der Waals surface area contributed by atoms with Gasteiger partial charge in [-0.1, -0.05) is 0 Å². The van der Waals surface area contributed by atoms with Crippen molar-refractivity contribution in [1.82, 2.24) is 4.90 Å². The lowest BCUT2D eigenvalue weighted by atomic mass is 9.95. The van der Waals surface area contributed by atoms with Crippen molar-refractivity contribution in [2.45, 2.75) is 58.3 Å². The normalized spacial score (nSPS) is 28.6. The zero-order valence-electron chi connectivity index (χ0n) is 14.8. The zero-order valence-corrected chi connectivity index (χ0v) is 14.8. The minimum atomic E-state index is -1.55. The van der Waals surface area contributed by atoms with Crippen molar-refractivity contribution in [3.05, 3.63) is 0 Å². The summed E-state index contributed by atoms with van der Waals surface area (Å²) in [6.07, 6.45) is -5.02. The first kappa shape index (κ1) is 20.8. The Labute approximate surface area is 144 Å². The molecule has 10 heteroatoms. The number of likely N-dealkylation sites (N-methyl/N-ethyl adjacent to an activating group) is 1. The standard InChI is InChI=1S/C15H23NO9/c1-7(17)16(5)12-14(24-10(4)20)13(23-9(3)19)11(25-15(12)21)6-22-8(2)18/h11-15,21H,6H2,1-5H3/t11-,12-,13-,14-,15+/m1/s1. The number of hydrogen-bond donors (Lipinski definition) is 1. The average Bonchev–Trinajstić information content (AvgIpc) is 2.46. The van der Waals surface area contributed by atoms with Crippen LogP contribution in [0.5, 0.6) is 0 Å². The van der Waals surface area contributed by atoms with E-state index in [1.807, 2.05) is 0 Å². The van der Waals surface area contributed by atoms with E-state index >= 15 is 0 Å². The fourth-order valence-electron chi connectivity index (χ4n) is 2.52. The van der Waals surface area contributed by atoms with E-state index in [0.29, 0.717) is 0 Å². The Bertz CT molecular complexity index is 535. The van der Waals surface area contributed by atoms with Crippen LogP contribution in [0, 0.1) is 0 Å². The highest BCUT2D eigenvalue weighted by atomic mass is 16.7. The number of esters is 3. The number of ether oxygens (including phenoxy) is 4. The third kappa shape index (κ3) is 5.68. The predicted molar refractivity (Wildman–Crippen MR) is 80.9 cm³/mol. The van der Waals surface area contributed by atoms with Crippen LogP contribution in [-0.4, -0.2) is 78.1 Å². The second-order valence-corrected chi connectivity index (χ2v) is 5.64. The lowest BCUT2D eigenvalue weighted by Gasteiger charge is -2.46. The highest BCUT2D eigenvalue weighted by Crippen LogP contribution is 2.28. The molecule has 0 aromatic carbocycles. The molecule has 0 saturated carbocycles. The molecule has 0 aromatic rings. The summed E-state index contributed by atoms with van der Waals surface area (Å²) in [4.78, 5) is 46.8. The van der Waals surface area contributed by atoms with Crippen LogP contribution in [0.2, 0.25) is 0 Å². The summed E-state index contributed by atoms with van der Waals surface area (Å²) >= 11 is 0. The van der Waals surface area contributed by atoms with Gasteiger partial charge in [-0.25, -0.2) is 0 Å². The van der Waals surface area contributed by atoms with Crippen LogP contribution in [0.1, 0.15) is 27.7 Å². The molecule has 0 bridgehead atoms. The maximum absolute atomic E-state index is 11.7. The molecule has 0 spiro atoms. The van der Waals surface area contributed by atoms with Gasteiger partial charge in [0.05, 0.1) is 0 Å². The number of nitrogens with zero attached hydrogens (tertiary/aromatic N) is 1. The Balaban J connectivity index is 3.21. The maximum atomic E-state index is 11.7. The lowest BCUT2D eigenvalue weighted by molar-refractivity contribution is -0.276. The number of aliphatic hydroxyl groups is 1. The number of rotatable bonds is 5. The van der Waals surface area contributed by atoms with Crippen molar-refractivity contribution in [2.75, 3.05) is 13.7 Å². The van der Waals surface area contributed by atoms with E-state index in [1.54, 1.807) is 0 Å². The highest BCUT2D eigenvalue weighted by molar-refractivity contribution is 5.73. The molecule has 0 aliphatic carbocycles. The number of carbonyl (C=O) groups is 4. The molecule has 1 aliphatic rings. The molecule has 1 aliphatic heterocycles. The molecule has 10 nitrogen and oxygen atoms in total. The van der Waals surface area contributed by atoms with Crippen molar-refractivity contribution in [3.8, 4) is 0 Å². The van der Waals surface area contributed by atoms with Crippen LogP contribution < -0.4 is 0 Å². The third-order valence-electron chi connectivity index (χ3n) is 3.63. The van der Waals surface area contributed by atoms with Crippen molar-refractivity contribution < 1.29 is 43.2 Å². The van der Waals surface area contributed by atoms with Crippen LogP contribution in [0.25, 0.3) is 0 Å². The smallest absolute Gasteiger partial charge is 0.303 e. The number of aliphatic hydroxyl groups excluding tert-OH is 1. The quantitative estimate of drug-likeness (QED) is 0.483. The van der Waals surface area contributed by atoms with Gasteiger partial charge in [0.25, 0.3) is 0 Å². The molecule has 1 N–H and O–H groups in total. The van der Waals surface area contributed by atoms with E-state index in [4.69, 9.17) is 18.9 Å². The Kier molecular flexibility index (Phi) is 7.31. The number of amides is 1. The van der Waals surface area contributed by atoms with Gasteiger partial charge < -0.3 is 29.0 Å². The molecule has 25 heavy (non-hydrogen) atoms. The van der Waals surface area contributed by atoms with E-state index in [0.717, 1.165) is 18.7 Å². The first-order chi connectivity index (χ1) is 11.5. The van der Waals surface area contributed by atoms with Gasteiger partial charge in [-0.15, -0.1) is 0 Å². The molecule has 1 saturated heterocycles. The molecule has 1 heterocycles. The summed E-state index contributed by atoms with van der Waals surface area (Å²) in [5, 5.41) is 10.3. The summed E-state index contributed by atoms with van der Waals surface area (Å²) in [7, 11) is 1.38. The number of carbonyl (C=O) groups excluding carboxylic acids is 4. The largest absolute Gasteiger partial charge is 0.463 e. The fraction of sp³-hybridized carbons (Fsp3) is 0.733. The molecule has 0 radical (unpaired) electrons. The minimum absolute atomic E-state index is 0.335. The van der Waals surface area contributed by atoms with Gasteiger partial charge >= 0.3 is 17.9 Å². The van der Waals surface area contributed by atoms with Crippen molar-refractivity contribution >= 4 is 23.8 Å². The first-order valence-corrected chi connectivity index (χ1v) is 7.59. The molecule has 1 amide bonds. The first-order valence-electron chi connectivity index (χ1n) is 7.59. The fourth-order valence-corrected chi connectivity index (χ4v) is 2.52. The Morgan fingerprint density at radius 2 is 1.48 bits per heavy atom. The molecule has 5 atom stereocenters. The zero-order chi connectivity index (χ0) is 19.3. The third-order valence-corrected chi connectivity index (χ3v) is 3.63. The van der Waals surface area contributed by atoms with Crippen molar-refractivity contribution in [1.29, 1.82) is 0 Å². The molecule has 0 aromatic heterocycles. The SMILES string of the molecule is CC(=O)OC[C@H]1O[C@H](O)[C@H](N(C)C(C)=O)[C@@H](OC(C)=O)[C@@H]1OC(C)=O. The van der Waals surface area contributed by atoms with Gasteiger partial charge in [0.2, 0.25) is 5.91 Å². The molecule has 1 rings (SSSR count). The summed E-state index contributed by atoms with van der Waals surface area (Å²) in [5.74, 6) is -2.43. The van der Waals surface area contributed by atoms with E-state index in [9.17, 15) is 24.3 Å². The molecular formula is C15H23NO9. The van der Waals surface area contributed by atoms with Crippen LogP contribution in [0.4, 0.5) is 0 Å². The van der Waals surface area contributed by atoms with Crippen molar-refractivity contribution in [2.24, 2.45) is 0 Å². The maximum Gasteiger partial charge on any atom is 0.303 e. The second kappa shape index (κ2) is 8.77. The summed E-state index contributed by atoms with van der Waals surface area (Å²) in [6, 6.07) is -1.11. The Morgan fingerprint density at radius 3 is 1.92 bits per heavy atom. The molecular weight excluding hydrogens is 338 g/mol. The average molecular weight is 361 g/mol. The van der Waals surface area contributed by atoms with Gasteiger partial charge in [0.15, 0.2) is 18.5 Å². The minimum Gasteiger partial charge on any atom is -0.463 e. The van der Waals surface area contributed by atoms with E-state index in [-0.39, 0.29) is 6.61 Å². The lowest BCUT2D eigenvalue weighted by Crippen LogP contribution is -2.66. The van der Waals surface area contributed by atoms with Gasteiger partial charge in [-0.05, 0) is 0 Å². The van der Waals surface area contributed by atoms with E-state index < -0.39 is 54.5 Å². The van der Waals surface area contributed by atoms with Gasteiger partial charge in [-0.2, -0.15) is 0 Å². The van der Waals surface area contributed by atoms with Crippen LogP contribution >= 0.6 is 0 Å². The summed E-state index contributed by atoms with van der Waals surface area (Å²) < 4.78 is 20.6. The summed E-state index contributed by atoms with van der Waals surface area (Å²) in [6.45, 7) is 4.37. The Morgan fingerprint density at radius 1 is 0.960 bits per heavy atom. The van der Waals surface area contributed by atoms with E-state index in [2.05, 4.69) is 0 Å². The van der Waals surface area contributed by atoms with Crippen LogP contribution in [0.3, 0.4) is 0 Å². The highest BCUT2D eigenvalue weighted by Gasteiger charge is 2.51. The monoisotopic (exact) mass is 361 g/mol. The van der Waals surface area contributed by atoms with Gasteiger partial charge in [-0.3, -0.25) is 19.2 Å². The van der Waals surface area contributed by atoms with Gasteiger partial charge in [0, 0.05) is 34.7 Å². The van der Waals surface area contributed by atoms with Crippen molar-refractivity contribution in [3.63, 3.8) is 0 Å². The predicted octanol–water partition coefficient (Wildman–Crippen LogP) is -1.02. The van der Waals surface area contributed by atoms with Crippen LogP contribution in [-0.2, 0) is 38.1 Å². The second-order valence-electron chi connectivity index (χ2n) is 5.64. The van der Waals surface area contributed by atoms with E-state index in [1.165, 1.54) is 20.9 Å². The molecule has 142 valence electrons. The summed E-state index contributed by atoms with van der Waals surface area (Å²) in [5.41, 5.74) is 0. The molecule has 1 fully saturated rings. The van der Waals surface area contributed by atoms with Crippen LogP contribution in [0.15, 0.2) is 0 Å². The topological polar surface area (TPSA) is 129 Å². The Hall–Kier alpha value is -2.20. The number of hydrogen-bond acceptors (Lipinski definition) is 9. The van der Waals surface area contributed by atoms with Gasteiger partial charge in [0.1, 0.15) is 18.8 Å². The molecule has 0 unspecified atom stereocenters.